The number of carbonyl (C=O) groups excluding carboxylic acids is 1. The lowest BCUT2D eigenvalue weighted by Gasteiger charge is -2.13. The van der Waals surface area contributed by atoms with Gasteiger partial charge in [-0.15, -0.1) is 12.4 Å². The van der Waals surface area contributed by atoms with Crippen LogP contribution in [-0.2, 0) is 4.79 Å². The van der Waals surface area contributed by atoms with E-state index in [2.05, 4.69) is 5.32 Å². The second-order valence-corrected chi connectivity index (χ2v) is 4.82. The summed E-state index contributed by atoms with van der Waals surface area (Å²) in [6.45, 7) is 1.81. The second kappa shape index (κ2) is 8.34. The van der Waals surface area contributed by atoms with Gasteiger partial charge in [0, 0.05) is 5.69 Å². The van der Waals surface area contributed by atoms with Crippen LogP contribution in [0.1, 0.15) is 12.0 Å². The molecule has 0 radical (unpaired) electrons. The first-order valence-corrected chi connectivity index (χ1v) is 6.75. The number of nitrogens with one attached hydrogen (secondary N) is 1. The van der Waals surface area contributed by atoms with E-state index in [1.807, 2.05) is 13.2 Å². The van der Waals surface area contributed by atoms with Gasteiger partial charge < -0.3 is 11.1 Å². The predicted molar refractivity (Wildman–Crippen MR) is 78.0 cm³/mol. The van der Waals surface area contributed by atoms with Crippen molar-refractivity contribution >= 4 is 35.8 Å². The first kappa shape index (κ1) is 17.2. The highest BCUT2D eigenvalue weighted by Crippen LogP contribution is 2.16. The zero-order valence-corrected chi connectivity index (χ0v) is 12.0. The van der Waals surface area contributed by atoms with Crippen LogP contribution in [0, 0.1) is 12.7 Å². The summed E-state index contributed by atoms with van der Waals surface area (Å²) in [6, 6.07) is 3.73. The molecule has 0 saturated carbocycles. The minimum absolute atomic E-state index is 0. The summed E-state index contributed by atoms with van der Waals surface area (Å²) < 4.78 is 13.0. The molecule has 0 heterocycles. The smallest absolute Gasteiger partial charge is 0.241 e. The highest BCUT2D eigenvalue weighted by Gasteiger charge is 2.14. The van der Waals surface area contributed by atoms with Crippen molar-refractivity contribution in [2.24, 2.45) is 5.73 Å². The van der Waals surface area contributed by atoms with Crippen LogP contribution >= 0.6 is 24.2 Å². The molecule has 1 aromatic carbocycles. The molecule has 0 saturated heterocycles. The summed E-state index contributed by atoms with van der Waals surface area (Å²) in [5, 5.41) is 2.65. The van der Waals surface area contributed by atoms with E-state index in [1.165, 1.54) is 12.1 Å². The molecule has 0 fully saturated rings. The van der Waals surface area contributed by atoms with Crippen molar-refractivity contribution in [3.05, 3.63) is 29.6 Å². The SMILES string of the molecule is CSCCC(N)C(=O)Nc1cc(F)ccc1C.Cl. The van der Waals surface area contributed by atoms with Gasteiger partial charge in [0.15, 0.2) is 0 Å². The maximum atomic E-state index is 13.0. The van der Waals surface area contributed by atoms with Crippen LogP contribution < -0.4 is 11.1 Å². The van der Waals surface area contributed by atoms with Gasteiger partial charge in [-0.25, -0.2) is 4.39 Å². The Labute approximate surface area is 117 Å². The van der Waals surface area contributed by atoms with Gasteiger partial charge in [-0.05, 0) is 43.0 Å². The summed E-state index contributed by atoms with van der Waals surface area (Å²) in [6.07, 6.45) is 2.57. The third-order valence-corrected chi connectivity index (χ3v) is 3.07. The Balaban J connectivity index is 0.00000289. The number of amides is 1. The topological polar surface area (TPSA) is 55.1 Å². The van der Waals surface area contributed by atoms with Crippen molar-refractivity contribution in [3.8, 4) is 0 Å². The van der Waals surface area contributed by atoms with Crippen molar-refractivity contribution < 1.29 is 9.18 Å². The van der Waals surface area contributed by atoms with E-state index in [9.17, 15) is 9.18 Å². The van der Waals surface area contributed by atoms with Crippen LogP contribution in [0.25, 0.3) is 0 Å². The lowest BCUT2D eigenvalue weighted by Crippen LogP contribution is -2.36. The molecule has 1 unspecified atom stereocenters. The highest BCUT2D eigenvalue weighted by molar-refractivity contribution is 7.98. The van der Waals surface area contributed by atoms with E-state index in [0.29, 0.717) is 12.1 Å². The average Bonchev–Trinajstić information content (AvgIpc) is 2.30. The molecule has 0 bridgehead atoms. The van der Waals surface area contributed by atoms with Crippen molar-refractivity contribution in [1.29, 1.82) is 0 Å². The molecule has 3 nitrogen and oxygen atoms in total. The van der Waals surface area contributed by atoms with Crippen molar-refractivity contribution in [3.63, 3.8) is 0 Å². The van der Waals surface area contributed by atoms with Crippen molar-refractivity contribution in [2.75, 3.05) is 17.3 Å². The summed E-state index contributed by atoms with van der Waals surface area (Å²) in [4.78, 5) is 11.7. The Bertz CT molecular complexity index is 404. The Morgan fingerprint density at radius 1 is 1.56 bits per heavy atom. The van der Waals surface area contributed by atoms with Gasteiger partial charge >= 0.3 is 0 Å². The van der Waals surface area contributed by atoms with E-state index in [4.69, 9.17) is 5.73 Å². The van der Waals surface area contributed by atoms with Gasteiger partial charge in [0.2, 0.25) is 5.91 Å². The number of rotatable bonds is 5. The summed E-state index contributed by atoms with van der Waals surface area (Å²) in [7, 11) is 0. The third kappa shape index (κ3) is 5.25. The maximum Gasteiger partial charge on any atom is 0.241 e. The lowest BCUT2D eigenvalue weighted by molar-refractivity contribution is -0.117. The Morgan fingerprint density at radius 2 is 2.22 bits per heavy atom. The lowest BCUT2D eigenvalue weighted by atomic mass is 10.1. The molecule has 102 valence electrons. The molecule has 1 aromatic rings. The highest BCUT2D eigenvalue weighted by atomic mass is 35.5. The van der Waals surface area contributed by atoms with E-state index in [0.717, 1.165) is 11.3 Å². The summed E-state index contributed by atoms with van der Waals surface area (Å²) in [5.41, 5.74) is 7.02. The number of thioether (sulfide) groups is 1. The van der Waals surface area contributed by atoms with Crippen LogP contribution in [0.3, 0.4) is 0 Å². The normalized spacial score (nSPS) is 11.6. The van der Waals surface area contributed by atoms with Gasteiger partial charge in [-0.1, -0.05) is 6.07 Å². The van der Waals surface area contributed by atoms with Gasteiger partial charge in [0.1, 0.15) is 5.82 Å². The molecular formula is C12H18ClFN2OS. The van der Waals surface area contributed by atoms with Crippen LogP contribution in [0.4, 0.5) is 10.1 Å². The molecule has 0 aliphatic rings. The number of aryl methyl sites for hydroxylation is 1. The largest absolute Gasteiger partial charge is 0.324 e. The van der Waals surface area contributed by atoms with E-state index in [1.54, 1.807) is 17.8 Å². The van der Waals surface area contributed by atoms with E-state index < -0.39 is 6.04 Å². The fraction of sp³-hybridized carbons (Fsp3) is 0.417. The fourth-order valence-corrected chi connectivity index (χ4v) is 1.82. The van der Waals surface area contributed by atoms with Crippen LogP contribution in [0.5, 0.6) is 0 Å². The maximum absolute atomic E-state index is 13.0. The number of carbonyl (C=O) groups is 1. The average molecular weight is 293 g/mol. The zero-order chi connectivity index (χ0) is 12.8. The molecule has 18 heavy (non-hydrogen) atoms. The quantitative estimate of drug-likeness (QED) is 0.877. The van der Waals surface area contributed by atoms with Gasteiger partial charge in [-0.3, -0.25) is 4.79 Å². The zero-order valence-electron chi connectivity index (χ0n) is 10.4. The number of nitrogens with two attached hydrogens (primary N) is 1. The van der Waals surface area contributed by atoms with Crippen molar-refractivity contribution in [1.82, 2.24) is 0 Å². The minimum atomic E-state index is -0.551. The Kier molecular flexibility index (Phi) is 7.98. The molecule has 1 atom stereocenters. The number of benzene rings is 1. The van der Waals surface area contributed by atoms with Crippen LogP contribution in [0.15, 0.2) is 18.2 Å². The Morgan fingerprint density at radius 3 is 2.83 bits per heavy atom. The van der Waals surface area contributed by atoms with Gasteiger partial charge in [-0.2, -0.15) is 11.8 Å². The third-order valence-electron chi connectivity index (χ3n) is 2.43. The van der Waals surface area contributed by atoms with Crippen LogP contribution in [0.2, 0.25) is 0 Å². The predicted octanol–water partition coefficient (Wildman–Crippen LogP) is 2.57. The number of hydrogen-bond donors (Lipinski definition) is 2. The molecule has 6 heteroatoms. The summed E-state index contributed by atoms with van der Waals surface area (Å²) in [5.74, 6) is 0.188. The molecule has 0 aliphatic heterocycles. The minimum Gasteiger partial charge on any atom is -0.324 e. The van der Waals surface area contributed by atoms with Crippen molar-refractivity contribution in [2.45, 2.75) is 19.4 Å². The second-order valence-electron chi connectivity index (χ2n) is 3.84. The Hall–Kier alpha value is -0.780. The first-order chi connectivity index (χ1) is 8.04. The molecule has 0 aliphatic carbocycles. The molecule has 0 spiro atoms. The monoisotopic (exact) mass is 292 g/mol. The number of halogens is 2. The fourth-order valence-electron chi connectivity index (χ4n) is 1.33. The summed E-state index contributed by atoms with van der Waals surface area (Å²) >= 11 is 1.64. The molecule has 0 aromatic heterocycles. The van der Waals surface area contributed by atoms with Crippen LogP contribution in [-0.4, -0.2) is 24.0 Å². The van der Waals surface area contributed by atoms with E-state index in [-0.39, 0.29) is 24.1 Å². The van der Waals surface area contributed by atoms with Gasteiger partial charge in [0.05, 0.1) is 6.04 Å². The van der Waals surface area contributed by atoms with Gasteiger partial charge in [0.25, 0.3) is 0 Å². The standard InChI is InChI=1S/C12H17FN2OS.ClH/c1-8-3-4-9(13)7-11(8)15-12(16)10(14)5-6-17-2;/h3-4,7,10H,5-6,14H2,1-2H3,(H,15,16);1H. The van der Waals surface area contributed by atoms with E-state index >= 15 is 0 Å². The first-order valence-electron chi connectivity index (χ1n) is 5.36. The number of hydrogen-bond acceptors (Lipinski definition) is 3. The number of anilines is 1. The molecular weight excluding hydrogens is 275 g/mol. The molecule has 1 rings (SSSR count). The molecule has 3 N–H and O–H groups in total. The molecule has 1 amide bonds.